The Morgan fingerprint density at radius 3 is 2.69 bits per heavy atom. The topological polar surface area (TPSA) is 99.8 Å². The summed E-state index contributed by atoms with van der Waals surface area (Å²) in [5.41, 5.74) is 1.14. The van der Waals surface area contributed by atoms with Crippen molar-refractivity contribution < 1.29 is 19.1 Å². The summed E-state index contributed by atoms with van der Waals surface area (Å²) in [6.07, 6.45) is 11.3. The second kappa shape index (κ2) is 13.8. The van der Waals surface area contributed by atoms with Gasteiger partial charge < -0.3 is 25.6 Å². The molecule has 1 aromatic rings. The molecule has 4 atom stereocenters. The molecule has 3 N–H and O–H groups in total. The SMILES string of the molecule is C#C.CNCC(=O)NC1CCSC2CC(C)(C)C(C)N2C1=O.O=CNC1CCOc2cc(Cl)ccc21. The number of likely N-dealkylation sites (N-methyl/N-ethyl adjacent to an activating group) is 1. The molecule has 0 aliphatic carbocycles. The van der Waals surface area contributed by atoms with E-state index in [1.54, 1.807) is 19.2 Å². The fourth-order valence-electron chi connectivity index (χ4n) is 4.60. The highest BCUT2D eigenvalue weighted by atomic mass is 35.5. The number of hydrogen-bond acceptors (Lipinski definition) is 6. The summed E-state index contributed by atoms with van der Waals surface area (Å²) in [4.78, 5) is 36.8. The first-order valence-corrected chi connectivity index (χ1v) is 13.4. The minimum Gasteiger partial charge on any atom is -0.493 e. The van der Waals surface area contributed by atoms with Crippen molar-refractivity contribution in [2.45, 2.75) is 63.5 Å². The van der Waals surface area contributed by atoms with E-state index in [2.05, 4.69) is 49.6 Å². The van der Waals surface area contributed by atoms with Crippen LogP contribution in [0.1, 0.15) is 51.6 Å². The van der Waals surface area contributed by atoms with Gasteiger partial charge in [0.25, 0.3) is 0 Å². The zero-order valence-electron chi connectivity index (χ0n) is 21.4. The van der Waals surface area contributed by atoms with E-state index in [0.29, 0.717) is 18.0 Å². The molecule has 198 valence electrons. The minimum atomic E-state index is -0.371. The highest BCUT2D eigenvalue weighted by molar-refractivity contribution is 7.99. The van der Waals surface area contributed by atoms with Crippen LogP contribution in [0.4, 0.5) is 0 Å². The van der Waals surface area contributed by atoms with Crippen molar-refractivity contribution >= 4 is 41.6 Å². The average Bonchev–Trinajstić information content (AvgIpc) is 2.97. The molecule has 10 heteroatoms. The van der Waals surface area contributed by atoms with Gasteiger partial charge in [-0.3, -0.25) is 14.4 Å². The maximum Gasteiger partial charge on any atom is 0.246 e. The lowest BCUT2D eigenvalue weighted by molar-refractivity contribution is -0.137. The molecule has 2 fully saturated rings. The van der Waals surface area contributed by atoms with Gasteiger partial charge in [-0.2, -0.15) is 0 Å². The Hall–Kier alpha value is -2.41. The first-order chi connectivity index (χ1) is 17.2. The number of nitrogens with zero attached hydrogens (tertiary/aromatic N) is 1. The van der Waals surface area contributed by atoms with Gasteiger partial charge in [-0.25, -0.2) is 0 Å². The molecule has 4 unspecified atom stereocenters. The Morgan fingerprint density at radius 2 is 2.03 bits per heavy atom. The Bertz CT molecular complexity index is 942. The molecule has 8 nitrogen and oxygen atoms in total. The van der Waals surface area contributed by atoms with Crippen molar-refractivity contribution in [2.75, 3.05) is 26.0 Å². The maximum atomic E-state index is 12.7. The zero-order valence-corrected chi connectivity index (χ0v) is 23.0. The number of nitrogens with one attached hydrogen (secondary N) is 3. The van der Waals surface area contributed by atoms with Crippen molar-refractivity contribution in [3.8, 4) is 18.6 Å². The maximum absolute atomic E-state index is 12.7. The van der Waals surface area contributed by atoms with Gasteiger partial charge in [0.15, 0.2) is 0 Å². The van der Waals surface area contributed by atoms with Crippen LogP contribution >= 0.6 is 23.4 Å². The lowest BCUT2D eigenvalue weighted by atomic mass is 9.86. The third-order valence-electron chi connectivity index (χ3n) is 6.79. The Morgan fingerprint density at radius 1 is 1.31 bits per heavy atom. The van der Waals surface area contributed by atoms with E-state index < -0.39 is 0 Å². The van der Waals surface area contributed by atoms with Crippen LogP contribution in [-0.2, 0) is 14.4 Å². The van der Waals surface area contributed by atoms with E-state index in [1.165, 1.54) is 0 Å². The quantitative estimate of drug-likeness (QED) is 0.395. The smallest absolute Gasteiger partial charge is 0.246 e. The van der Waals surface area contributed by atoms with E-state index >= 15 is 0 Å². The predicted octanol–water partition coefficient (Wildman–Crippen LogP) is 2.96. The summed E-state index contributed by atoms with van der Waals surface area (Å²) in [6.45, 7) is 7.42. The predicted molar refractivity (Wildman–Crippen MR) is 145 cm³/mol. The van der Waals surface area contributed by atoms with E-state index in [9.17, 15) is 14.4 Å². The number of carbonyl (C=O) groups is 3. The van der Waals surface area contributed by atoms with Crippen LogP contribution in [0.25, 0.3) is 0 Å². The molecule has 3 aliphatic heterocycles. The second-order valence-electron chi connectivity index (χ2n) is 9.54. The molecule has 2 saturated heterocycles. The van der Waals surface area contributed by atoms with Crippen LogP contribution in [0.15, 0.2) is 18.2 Å². The van der Waals surface area contributed by atoms with Crippen molar-refractivity contribution in [1.29, 1.82) is 0 Å². The van der Waals surface area contributed by atoms with Gasteiger partial charge in [0.1, 0.15) is 11.8 Å². The summed E-state index contributed by atoms with van der Waals surface area (Å²) in [5, 5.41) is 9.35. The number of ether oxygens (including phenoxy) is 1. The molecular weight excluding hydrogens is 500 g/mol. The summed E-state index contributed by atoms with van der Waals surface area (Å²) < 4.78 is 5.44. The number of carbonyl (C=O) groups excluding carboxylic acids is 3. The molecule has 1 aromatic carbocycles. The minimum absolute atomic E-state index is 0.0496. The summed E-state index contributed by atoms with van der Waals surface area (Å²) >= 11 is 7.68. The normalized spacial score (nSPS) is 25.8. The number of rotatable bonds is 5. The molecule has 36 heavy (non-hydrogen) atoms. The van der Waals surface area contributed by atoms with E-state index in [0.717, 1.165) is 36.3 Å². The molecule has 0 saturated carbocycles. The molecule has 0 bridgehead atoms. The second-order valence-corrected chi connectivity index (χ2v) is 11.3. The van der Waals surface area contributed by atoms with Gasteiger partial charge in [-0.1, -0.05) is 31.5 Å². The average molecular weight is 537 g/mol. The van der Waals surface area contributed by atoms with Crippen LogP contribution in [0.3, 0.4) is 0 Å². The van der Waals surface area contributed by atoms with Crippen LogP contribution in [-0.4, -0.2) is 66.5 Å². The molecule has 0 aromatic heterocycles. The van der Waals surface area contributed by atoms with E-state index in [1.807, 2.05) is 22.7 Å². The highest BCUT2D eigenvalue weighted by Crippen LogP contribution is 2.45. The number of fused-ring (bicyclic) bond motifs is 2. The molecule has 3 aliphatic rings. The monoisotopic (exact) mass is 536 g/mol. The number of benzene rings is 1. The van der Waals surface area contributed by atoms with E-state index in [4.69, 9.17) is 16.3 Å². The largest absolute Gasteiger partial charge is 0.493 e. The zero-order chi connectivity index (χ0) is 26.9. The summed E-state index contributed by atoms with van der Waals surface area (Å²) in [6, 6.07) is 5.36. The summed E-state index contributed by atoms with van der Waals surface area (Å²) in [7, 11) is 1.73. The van der Waals surface area contributed by atoms with Gasteiger partial charge >= 0.3 is 0 Å². The molecule has 3 amide bonds. The lowest BCUT2D eigenvalue weighted by Gasteiger charge is -2.32. The fraction of sp³-hybridized carbons (Fsp3) is 0.577. The number of thioether (sulfide) groups is 1. The number of amides is 3. The molecular formula is C26H37ClN4O4S. The highest BCUT2D eigenvalue weighted by Gasteiger charge is 2.49. The lowest BCUT2D eigenvalue weighted by Crippen LogP contribution is -2.52. The van der Waals surface area contributed by atoms with Crippen molar-refractivity contribution in [2.24, 2.45) is 5.41 Å². The van der Waals surface area contributed by atoms with Gasteiger partial charge in [0.2, 0.25) is 18.2 Å². The number of halogens is 1. The van der Waals surface area contributed by atoms with Crippen molar-refractivity contribution in [1.82, 2.24) is 20.9 Å². The van der Waals surface area contributed by atoms with Gasteiger partial charge in [0, 0.05) is 23.0 Å². The first-order valence-electron chi connectivity index (χ1n) is 12.0. The Balaban J connectivity index is 0.000000250. The van der Waals surface area contributed by atoms with Gasteiger partial charge in [-0.15, -0.1) is 24.6 Å². The first kappa shape index (κ1) is 29.8. The van der Waals surface area contributed by atoms with Crippen LogP contribution in [0.2, 0.25) is 5.02 Å². The molecule has 0 radical (unpaired) electrons. The standard InChI is InChI=1S/C14H25N3O2S.C10H10ClNO2.C2H2/c1-9-14(2,3)7-12-17(9)13(19)10(5-6-20-12)16-11(18)8-15-4;11-7-1-2-8-9(12-6-13)3-4-14-10(8)5-7;1-2/h9-10,12,15H,5-8H2,1-4H3,(H,16,18);1-2,5-6,9H,3-4H2,(H,12,13);1-2H. The number of terminal acetylenes is 1. The van der Waals surface area contributed by atoms with Crippen LogP contribution in [0, 0.1) is 18.3 Å². The fourth-order valence-corrected chi connectivity index (χ4v) is 6.40. The van der Waals surface area contributed by atoms with Gasteiger partial charge in [-0.05, 0) is 50.1 Å². The van der Waals surface area contributed by atoms with Crippen molar-refractivity contribution in [3.63, 3.8) is 0 Å². The van der Waals surface area contributed by atoms with Crippen LogP contribution < -0.4 is 20.7 Å². The third kappa shape index (κ3) is 7.31. The third-order valence-corrected chi connectivity index (χ3v) is 8.27. The summed E-state index contributed by atoms with van der Waals surface area (Å²) in [5.74, 6) is 1.66. The van der Waals surface area contributed by atoms with Gasteiger partial charge in [0.05, 0.1) is 24.6 Å². The Labute approximate surface area is 223 Å². The number of hydrogen-bond donors (Lipinski definition) is 3. The molecule has 3 heterocycles. The Kier molecular flexibility index (Phi) is 11.4. The molecule has 4 rings (SSSR count). The van der Waals surface area contributed by atoms with Crippen molar-refractivity contribution in [3.05, 3.63) is 28.8 Å². The van der Waals surface area contributed by atoms with E-state index in [-0.39, 0.29) is 47.3 Å². The molecule has 0 spiro atoms. The van der Waals surface area contributed by atoms with Crippen LogP contribution in [0.5, 0.6) is 5.75 Å².